The summed E-state index contributed by atoms with van der Waals surface area (Å²) in [6.45, 7) is 0.406. The van der Waals surface area contributed by atoms with E-state index in [0.29, 0.717) is 6.61 Å². The van der Waals surface area contributed by atoms with Gasteiger partial charge in [0.2, 0.25) is 0 Å². The minimum absolute atomic E-state index is 0.0380. The molecule has 0 unspecified atom stereocenters. The largest absolute Gasteiger partial charge is 0.488 e. The number of benzene rings is 2. The van der Waals surface area contributed by atoms with Crippen molar-refractivity contribution in [3.8, 4) is 5.75 Å². The molecule has 0 aliphatic rings. The molecule has 0 saturated heterocycles. The van der Waals surface area contributed by atoms with E-state index in [-0.39, 0.29) is 6.61 Å². The maximum atomic E-state index is 9.62. The van der Waals surface area contributed by atoms with E-state index in [0.717, 1.165) is 27.6 Å². The molecule has 3 rings (SSSR count). The van der Waals surface area contributed by atoms with Crippen LogP contribution >= 0.6 is 0 Å². The molecule has 0 fully saturated rings. The molecule has 100 valence electrons. The van der Waals surface area contributed by atoms with Gasteiger partial charge >= 0.3 is 0 Å². The predicted molar refractivity (Wildman–Crippen MR) is 78.4 cm³/mol. The van der Waals surface area contributed by atoms with Gasteiger partial charge in [-0.1, -0.05) is 36.4 Å². The molecule has 3 nitrogen and oxygen atoms in total. The van der Waals surface area contributed by atoms with Gasteiger partial charge in [0, 0.05) is 23.5 Å². The van der Waals surface area contributed by atoms with E-state index in [4.69, 9.17) is 4.74 Å². The monoisotopic (exact) mass is 265 g/mol. The first-order valence-corrected chi connectivity index (χ1v) is 6.51. The van der Waals surface area contributed by atoms with Crippen molar-refractivity contribution in [3.05, 3.63) is 72.1 Å². The zero-order chi connectivity index (χ0) is 13.8. The molecule has 0 radical (unpaired) electrons. The number of aromatic nitrogens is 1. The lowest BCUT2D eigenvalue weighted by molar-refractivity contribution is 0.260. The Morgan fingerprint density at radius 3 is 2.70 bits per heavy atom. The third-order valence-electron chi connectivity index (χ3n) is 3.27. The average Bonchev–Trinajstić information content (AvgIpc) is 2.53. The second kappa shape index (κ2) is 5.72. The lowest BCUT2D eigenvalue weighted by Gasteiger charge is -2.12. The summed E-state index contributed by atoms with van der Waals surface area (Å²) in [5.74, 6) is 0.718. The Hall–Kier alpha value is -2.39. The second-order valence-electron chi connectivity index (χ2n) is 4.57. The highest BCUT2D eigenvalue weighted by Gasteiger charge is 2.08. The van der Waals surface area contributed by atoms with Gasteiger partial charge in [-0.3, -0.25) is 4.98 Å². The first kappa shape index (κ1) is 12.6. The molecule has 2 aromatic carbocycles. The van der Waals surface area contributed by atoms with E-state index in [2.05, 4.69) is 4.98 Å². The van der Waals surface area contributed by atoms with Crippen molar-refractivity contribution in [1.29, 1.82) is 0 Å². The molecule has 3 aromatic rings. The minimum atomic E-state index is -0.0380. The van der Waals surface area contributed by atoms with Crippen LogP contribution in [0.15, 0.2) is 60.9 Å². The summed E-state index contributed by atoms with van der Waals surface area (Å²) in [6.07, 6.45) is 3.51. The van der Waals surface area contributed by atoms with Crippen molar-refractivity contribution < 1.29 is 9.84 Å². The van der Waals surface area contributed by atoms with Crippen molar-refractivity contribution in [1.82, 2.24) is 4.98 Å². The maximum absolute atomic E-state index is 9.62. The molecule has 1 heterocycles. The van der Waals surface area contributed by atoms with E-state index >= 15 is 0 Å². The van der Waals surface area contributed by atoms with Gasteiger partial charge in [0.1, 0.15) is 12.4 Å². The number of hydrogen-bond acceptors (Lipinski definition) is 3. The van der Waals surface area contributed by atoms with Crippen LogP contribution in [0.2, 0.25) is 0 Å². The molecule has 1 aromatic heterocycles. The van der Waals surface area contributed by atoms with Gasteiger partial charge in [-0.2, -0.15) is 0 Å². The molecule has 0 spiro atoms. The first-order valence-electron chi connectivity index (χ1n) is 6.51. The normalized spacial score (nSPS) is 10.7. The molecule has 0 atom stereocenters. The van der Waals surface area contributed by atoms with Gasteiger partial charge < -0.3 is 9.84 Å². The smallest absolute Gasteiger partial charge is 0.125 e. The van der Waals surface area contributed by atoms with Crippen molar-refractivity contribution in [2.45, 2.75) is 13.2 Å². The highest BCUT2D eigenvalue weighted by atomic mass is 16.5. The molecule has 0 amide bonds. The van der Waals surface area contributed by atoms with Crippen LogP contribution in [-0.2, 0) is 13.2 Å². The van der Waals surface area contributed by atoms with Crippen LogP contribution in [0.1, 0.15) is 11.1 Å². The SMILES string of the molecule is OCc1c(OCc2cccnc2)ccc2ccccc12. The summed E-state index contributed by atoms with van der Waals surface area (Å²) >= 11 is 0. The Morgan fingerprint density at radius 2 is 1.90 bits per heavy atom. The summed E-state index contributed by atoms with van der Waals surface area (Å²) < 4.78 is 5.82. The quantitative estimate of drug-likeness (QED) is 0.787. The molecular formula is C17H15NO2. The average molecular weight is 265 g/mol. The highest BCUT2D eigenvalue weighted by Crippen LogP contribution is 2.28. The van der Waals surface area contributed by atoms with Gasteiger partial charge in [0.05, 0.1) is 6.61 Å². The van der Waals surface area contributed by atoms with Crippen LogP contribution in [0.5, 0.6) is 5.75 Å². The molecule has 0 aliphatic heterocycles. The lowest BCUT2D eigenvalue weighted by atomic mass is 10.0. The van der Waals surface area contributed by atoms with E-state index in [9.17, 15) is 5.11 Å². The fourth-order valence-corrected chi connectivity index (χ4v) is 2.26. The summed E-state index contributed by atoms with van der Waals surface area (Å²) in [5, 5.41) is 11.7. The first-order chi connectivity index (χ1) is 9.88. The standard InChI is InChI=1S/C17H15NO2/c19-11-16-15-6-2-1-5-14(15)7-8-17(16)20-12-13-4-3-9-18-10-13/h1-10,19H,11-12H2. The van der Waals surface area contributed by atoms with Crippen LogP contribution < -0.4 is 4.74 Å². The second-order valence-corrected chi connectivity index (χ2v) is 4.57. The van der Waals surface area contributed by atoms with Crippen molar-refractivity contribution in [3.63, 3.8) is 0 Å². The van der Waals surface area contributed by atoms with Crippen LogP contribution in [0.3, 0.4) is 0 Å². The Bertz CT molecular complexity index is 711. The third-order valence-corrected chi connectivity index (χ3v) is 3.27. The van der Waals surface area contributed by atoms with E-state index in [1.54, 1.807) is 12.4 Å². The Morgan fingerprint density at radius 1 is 1.00 bits per heavy atom. The van der Waals surface area contributed by atoms with E-state index in [1.807, 2.05) is 48.5 Å². The number of fused-ring (bicyclic) bond motifs is 1. The van der Waals surface area contributed by atoms with Crippen molar-refractivity contribution >= 4 is 10.8 Å². The van der Waals surface area contributed by atoms with Gasteiger partial charge in [0.25, 0.3) is 0 Å². The summed E-state index contributed by atoms with van der Waals surface area (Å²) in [4.78, 5) is 4.06. The van der Waals surface area contributed by atoms with Gasteiger partial charge in [-0.15, -0.1) is 0 Å². The van der Waals surface area contributed by atoms with Crippen LogP contribution in [0.25, 0.3) is 10.8 Å². The van der Waals surface area contributed by atoms with E-state index in [1.165, 1.54) is 0 Å². The van der Waals surface area contributed by atoms with Crippen molar-refractivity contribution in [2.24, 2.45) is 0 Å². The van der Waals surface area contributed by atoms with Crippen LogP contribution in [0, 0.1) is 0 Å². The molecule has 0 saturated carbocycles. The molecule has 0 bridgehead atoms. The topological polar surface area (TPSA) is 42.4 Å². The number of pyridine rings is 1. The Balaban J connectivity index is 1.91. The number of aliphatic hydroxyl groups excluding tert-OH is 1. The third kappa shape index (κ3) is 2.49. The fourth-order valence-electron chi connectivity index (χ4n) is 2.26. The van der Waals surface area contributed by atoms with Crippen LogP contribution in [-0.4, -0.2) is 10.1 Å². The minimum Gasteiger partial charge on any atom is -0.488 e. The summed E-state index contributed by atoms with van der Waals surface area (Å²) in [5.41, 5.74) is 1.83. The summed E-state index contributed by atoms with van der Waals surface area (Å²) in [6, 6.07) is 15.7. The molecule has 0 aliphatic carbocycles. The van der Waals surface area contributed by atoms with E-state index < -0.39 is 0 Å². The summed E-state index contributed by atoms with van der Waals surface area (Å²) in [7, 11) is 0. The lowest BCUT2D eigenvalue weighted by Crippen LogP contribution is -1.99. The zero-order valence-corrected chi connectivity index (χ0v) is 11.0. The Kier molecular flexibility index (Phi) is 3.61. The molecule has 20 heavy (non-hydrogen) atoms. The molecular weight excluding hydrogens is 250 g/mol. The van der Waals surface area contributed by atoms with Gasteiger partial charge in [-0.25, -0.2) is 0 Å². The van der Waals surface area contributed by atoms with Gasteiger partial charge in [0.15, 0.2) is 0 Å². The predicted octanol–water partition coefficient (Wildman–Crippen LogP) is 3.31. The van der Waals surface area contributed by atoms with Crippen molar-refractivity contribution in [2.75, 3.05) is 0 Å². The zero-order valence-electron chi connectivity index (χ0n) is 11.0. The highest BCUT2D eigenvalue weighted by molar-refractivity contribution is 5.87. The number of aliphatic hydroxyl groups is 1. The number of ether oxygens (including phenoxy) is 1. The number of rotatable bonds is 4. The Labute approximate surface area is 117 Å². The molecule has 3 heteroatoms. The maximum Gasteiger partial charge on any atom is 0.125 e. The van der Waals surface area contributed by atoms with Crippen LogP contribution in [0.4, 0.5) is 0 Å². The number of nitrogens with zero attached hydrogens (tertiary/aromatic N) is 1. The fraction of sp³-hybridized carbons (Fsp3) is 0.118. The molecule has 1 N–H and O–H groups in total. The number of hydrogen-bond donors (Lipinski definition) is 1. The van der Waals surface area contributed by atoms with Gasteiger partial charge in [-0.05, 0) is 22.9 Å².